The third-order valence-corrected chi connectivity index (χ3v) is 2.94. The van der Waals surface area contributed by atoms with Crippen molar-refractivity contribution in [2.45, 2.75) is 18.7 Å². The Bertz CT molecular complexity index is 522. The first-order valence-corrected chi connectivity index (χ1v) is 5.63. The number of alkyl halides is 1. The van der Waals surface area contributed by atoms with Crippen LogP contribution in [0.15, 0.2) is 34.9 Å². The summed E-state index contributed by atoms with van der Waals surface area (Å²) in [6.07, 6.45) is 1.96. The summed E-state index contributed by atoms with van der Waals surface area (Å²) in [4.78, 5) is 0. The van der Waals surface area contributed by atoms with Crippen LogP contribution in [0, 0.1) is 18.6 Å². The molecule has 17 heavy (non-hydrogen) atoms. The smallest absolute Gasteiger partial charge is 0.159 e. The Hall–Kier alpha value is -1.35. The van der Waals surface area contributed by atoms with Gasteiger partial charge in [-0.25, -0.2) is 8.78 Å². The number of hydrogen-bond donors (Lipinski definition) is 0. The van der Waals surface area contributed by atoms with Crippen LogP contribution in [-0.2, 0) is 6.42 Å². The van der Waals surface area contributed by atoms with Gasteiger partial charge in [0, 0.05) is 0 Å². The molecule has 4 heteroatoms. The molecule has 0 amide bonds. The van der Waals surface area contributed by atoms with Crippen LogP contribution in [0.1, 0.15) is 22.3 Å². The molecular formula is C13H11ClF2O. The second-order valence-electron chi connectivity index (χ2n) is 3.89. The van der Waals surface area contributed by atoms with Crippen molar-refractivity contribution < 1.29 is 13.2 Å². The van der Waals surface area contributed by atoms with Crippen LogP contribution in [0.25, 0.3) is 0 Å². The van der Waals surface area contributed by atoms with E-state index in [1.807, 2.05) is 13.0 Å². The Kier molecular flexibility index (Phi) is 3.48. The van der Waals surface area contributed by atoms with Gasteiger partial charge in [0.05, 0.1) is 11.6 Å². The van der Waals surface area contributed by atoms with E-state index in [0.29, 0.717) is 17.7 Å². The lowest BCUT2D eigenvalue weighted by atomic mass is 10.1. The molecular weight excluding hydrogens is 246 g/mol. The van der Waals surface area contributed by atoms with Crippen molar-refractivity contribution in [3.8, 4) is 0 Å². The minimum atomic E-state index is -0.859. The second-order valence-corrected chi connectivity index (χ2v) is 4.41. The first-order chi connectivity index (χ1) is 8.08. The molecule has 2 aromatic rings. The average Bonchev–Trinajstić information content (AvgIpc) is 2.70. The molecule has 2 rings (SSSR count). The molecule has 1 aromatic carbocycles. The minimum absolute atomic E-state index is 0.380. The van der Waals surface area contributed by atoms with Gasteiger partial charge in [-0.3, -0.25) is 0 Å². The monoisotopic (exact) mass is 256 g/mol. The van der Waals surface area contributed by atoms with Gasteiger partial charge in [-0.05, 0) is 42.7 Å². The molecule has 1 heterocycles. The van der Waals surface area contributed by atoms with E-state index >= 15 is 0 Å². The van der Waals surface area contributed by atoms with Gasteiger partial charge in [-0.2, -0.15) is 0 Å². The fraction of sp³-hybridized carbons (Fsp3) is 0.231. The molecule has 1 aromatic heterocycles. The lowest BCUT2D eigenvalue weighted by molar-refractivity contribution is 0.495. The lowest BCUT2D eigenvalue weighted by Crippen LogP contribution is -1.97. The first-order valence-electron chi connectivity index (χ1n) is 5.20. The van der Waals surface area contributed by atoms with Crippen LogP contribution in [-0.4, -0.2) is 0 Å². The predicted octanol–water partition coefficient (Wildman–Crippen LogP) is 4.39. The zero-order valence-corrected chi connectivity index (χ0v) is 9.97. The summed E-state index contributed by atoms with van der Waals surface area (Å²) >= 11 is 6.17. The first kappa shape index (κ1) is 12.1. The molecule has 1 atom stereocenters. The van der Waals surface area contributed by atoms with E-state index in [9.17, 15) is 8.78 Å². The second kappa shape index (κ2) is 4.88. The van der Waals surface area contributed by atoms with Crippen molar-refractivity contribution in [2.75, 3.05) is 0 Å². The van der Waals surface area contributed by atoms with Crippen molar-refractivity contribution in [1.29, 1.82) is 0 Å². The molecule has 0 saturated carbocycles. The zero-order chi connectivity index (χ0) is 12.4. The fourth-order valence-electron chi connectivity index (χ4n) is 1.67. The minimum Gasteiger partial charge on any atom is -0.467 e. The van der Waals surface area contributed by atoms with Crippen molar-refractivity contribution in [3.63, 3.8) is 0 Å². The molecule has 0 aliphatic carbocycles. The molecule has 0 N–H and O–H groups in total. The summed E-state index contributed by atoms with van der Waals surface area (Å²) in [6.45, 7) is 1.89. The van der Waals surface area contributed by atoms with Crippen molar-refractivity contribution in [1.82, 2.24) is 0 Å². The van der Waals surface area contributed by atoms with Crippen molar-refractivity contribution in [3.05, 3.63) is 59.1 Å². The maximum Gasteiger partial charge on any atom is 0.159 e. The summed E-state index contributed by atoms with van der Waals surface area (Å²) in [7, 11) is 0. The third-order valence-electron chi connectivity index (χ3n) is 2.59. The van der Waals surface area contributed by atoms with Gasteiger partial charge in [-0.1, -0.05) is 6.07 Å². The van der Waals surface area contributed by atoms with Crippen LogP contribution in [0.4, 0.5) is 8.78 Å². The molecule has 0 fully saturated rings. The Morgan fingerprint density at radius 3 is 2.59 bits per heavy atom. The van der Waals surface area contributed by atoms with E-state index < -0.39 is 11.6 Å². The van der Waals surface area contributed by atoms with Gasteiger partial charge in [0.15, 0.2) is 11.6 Å². The van der Waals surface area contributed by atoms with Crippen molar-refractivity contribution in [2.24, 2.45) is 0 Å². The summed E-state index contributed by atoms with van der Waals surface area (Å²) in [5.74, 6) is -1.05. The van der Waals surface area contributed by atoms with E-state index in [4.69, 9.17) is 16.0 Å². The number of halogens is 3. The highest BCUT2D eigenvalue weighted by atomic mass is 35.5. The summed E-state index contributed by atoms with van der Waals surface area (Å²) in [6, 6.07) is 5.59. The van der Waals surface area contributed by atoms with Gasteiger partial charge in [-0.15, -0.1) is 11.6 Å². The zero-order valence-electron chi connectivity index (χ0n) is 9.21. The van der Waals surface area contributed by atoms with Gasteiger partial charge >= 0.3 is 0 Å². The highest BCUT2D eigenvalue weighted by Gasteiger charge is 2.15. The van der Waals surface area contributed by atoms with Crippen LogP contribution >= 0.6 is 11.6 Å². The maximum atomic E-state index is 13.0. The molecule has 1 nitrogen and oxygen atoms in total. The Morgan fingerprint density at radius 2 is 2.00 bits per heavy atom. The molecule has 0 aliphatic heterocycles. The molecule has 0 spiro atoms. The SMILES string of the molecule is Cc1ccoc1C(Cl)Cc1ccc(F)c(F)c1. The summed E-state index contributed by atoms with van der Waals surface area (Å²) < 4.78 is 31.0. The molecule has 90 valence electrons. The predicted molar refractivity (Wildman–Crippen MR) is 62.1 cm³/mol. The average molecular weight is 257 g/mol. The number of aryl methyl sites for hydroxylation is 1. The van der Waals surface area contributed by atoms with Gasteiger partial charge in [0.25, 0.3) is 0 Å². The van der Waals surface area contributed by atoms with Gasteiger partial charge < -0.3 is 4.42 Å². The molecule has 0 saturated heterocycles. The fourth-order valence-corrected chi connectivity index (χ4v) is 2.07. The maximum absolute atomic E-state index is 13.0. The quantitative estimate of drug-likeness (QED) is 0.743. The third kappa shape index (κ3) is 2.67. The molecule has 0 aliphatic rings. The number of benzene rings is 1. The van der Waals surface area contributed by atoms with E-state index in [-0.39, 0.29) is 5.38 Å². The van der Waals surface area contributed by atoms with Crippen molar-refractivity contribution >= 4 is 11.6 Å². The number of furan rings is 1. The highest BCUT2D eigenvalue weighted by molar-refractivity contribution is 6.20. The Balaban J connectivity index is 2.16. The topological polar surface area (TPSA) is 13.1 Å². The standard InChI is InChI=1S/C13H11ClF2O/c1-8-4-5-17-13(8)10(14)6-9-2-3-11(15)12(16)7-9/h2-5,7,10H,6H2,1H3. The highest BCUT2D eigenvalue weighted by Crippen LogP contribution is 2.28. The summed E-state index contributed by atoms with van der Waals surface area (Å²) in [5, 5.41) is -0.380. The van der Waals surface area contributed by atoms with Gasteiger partial charge in [0.1, 0.15) is 5.76 Å². The normalized spacial score (nSPS) is 12.7. The molecule has 1 unspecified atom stereocenters. The van der Waals surface area contributed by atoms with Gasteiger partial charge in [0.2, 0.25) is 0 Å². The Morgan fingerprint density at radius 1 is 1.24 bits per heavy atom. The largest absolute Gasteiger partial charge is 0.467 e. The molecule has 0 radical (unpaired) electrons. The van der Waals surface area contributed by atoms with E-state index in [0.717, 1.165) is 17.7 Å². The van der Waals surface area contributed by atoms with E-state index in [1.54, 1.807) is 6.26 Å². The van der Waals surface area contributed by atoms with Crippen LogP contribution in [0.3, 0.4) is 0 Å². The molecule has 0 bridgehead atoms. The number of rotatable bonds is 3. The summed E-state index contributed by atoms with van der Waals surface area (Å²) in [5.41, 5.74) is 1.59. The van der Waals surface area contributed by atoms with E-state index in [1.165, 1.54) is 6.07 Å². The Labute approximate surface area is 103 Å². The van der Waals surface area contributed by atoms with Crippen LogP contribution in [0.5, 0.6) is 0 Å². The lowest BCUT2D eigenvalue weighted by Gasteiger charge is -2.08. The number of hydrogen-bond acceptors (Lipinski definition) is 1. The van der Waals surface area contributed by atoms with Crippen LogP contribution < -0.4 is 0 Å². The van der Waals surface area contributed by atoms with E-state index in [2.05, 4.69) is 0 Å². The van der Waals surface area contributed by atoms with Crippen LogP contribution in [0.2, 0.25) is 0 Å².